The second kappa shape index (κ2) is 8.73. The van der Waals surface area contributed by atoms with Crippen molar-refractivity contribution in [3.63, 3.8) is 0 Å². The molecule has 6 heteroatoms. The summed E-state index contributed by atoms with van der Waals surface area (Å²) in [5.41, 5.74) is -0.0222. The highest BCUT2D eigenvalue weighted by atomic mass is 19.1. The smallest absolute Gasteiger partial charge is 0.330 e. The zero-order chi connectivity index (χ0) is 20.9. The molecule has 0 aliphatic carbocycles. The molecule has 0 amide bonds. The van der Waals surface area contributed by atoms with E-state index in [9.17, 15) is 14.0 Å². The standard InChI is InChI=1S/C23H21FO5/c1-3-27-20(25)13-12-17-10-7-11-18-21(17)28-15-19(24)23(18,2)22(26)29-14-16-8-5-4-6-9-16/h4-13,15H,3,14H2,1-2H3/b13-12+. The molecule has 0 bridgehead atoms. The summed E-state index contributed by atoms with van der Waals surface area (Å²) >= 11 is 0. The monoisotopic (exact) mass is 396 g/mol. The molecule has 3 rings (SSSR count). The van der Waals surface area contributed by atoms with E-state index in [4.69, 9.17) is 14.2 Å². The molecular weight excluding hydrogens is 375 g/mol. The fourth-order valence-corrected chi connectivity index (χ4v) is 2.99. The third-order valence-electron chi connectivity index (χ3n) is 4.65. The second-order valence-electron chi connectivity index (χ2n) is 6.58. The first-order valence-corrected chi connectivity index (χ1v) is 9.19. The number of para-hydroxylation sites is 1. The molecular formula is C23H21FO5. The van der Waals surface area contributed by atoms with Crippen molar-refractivity contribution in [2.75, 3.05) is 6.61 Å². The largest absolute Gasteiger partial charge is 0.463 e. The first-order valence-electron chi connectivity index (χ1n) is 9.19. The van der Waals surface area contributed by atoms with Gasteiger partial charge in [0.1, 0.15) is 24.0 Å². The molecule has 2 aromatic rings. The van der Waals surface area contributed by atoms with Crippen molar-refractivity contribution in [3.8, 4) is 5.75 Å². The van der Waals surface area contributed by atoms with Gasteiger partial charge in [0.2, 0.25) is 0 Å². The Morgan fingerprint density at radius 1 is 1.10 bits per heavy atom. The van der Waals surface area contributed by atoms with Crippen LogP contribution < -0.4 is 4.74 Å². The van der Waals surface area contributed by atoms with Crippen LogP contribution in [0.1, 0.15) is 30.5 Å². The van der Waals surface area contributed by atoms with E-state index in [1.807, 2.05) is 30.3 Å². The van der Waals surface area contributed by atoms with Crippen LogP contribution in [0.2, 0.25) is 0 Å². The molecule has 1 unspecified atom stereocenters. The van der Waals surface area contributed by atoms with Gasteiger partial charge in [-0.3, -0.25) is 4.79 Å². The number of esters is 2. The number of halogens is 1. The van der Waals surface area contributed by atoms with Crippen LogP contribution >= 0.6 is 0 Å². The van der Waals surface area contributed by atoms with Gasteiger partial charge in [-0.25, -0.2) is 9.18 Å². The molecule has 5 nitrogen and oxygen atoms in total. The Balaban J connectivity index is 1.89. The van der Waals surface area contributed by atoms with E-state index in [-0.39, 0.29) is 19.0 Å². The summed E-state index contributed by atoms with van der Waals surface area (Å²) in [6, 6.07) is 14.1. The van der Waals surface area contributed by atoms with Crippen LogP contribution in [0.25, 0.3) is 6.08 Å². The van der Waals surface area contributed by atoms with Gasteiger partial charge in [0.05, 0.1) is 6.61 Å². The zero-order valence-electron chi connectivity index (χ0n) is 16.2. The lowest BCUT2D eigenvalue weighted by Gasteiger charge is -2.31. The topological polar surface area (TPSA) is 61.8 Å². The fraction of sp³-hybridized carbons (Fsp3) is 0.217. The lowest BCUT2D eigenvalue weighted by atomic mass is 9.79. The molecule has 0 spiro atoms. The van der Waals surface area contributed by atoms with Crippen molar-refractivity contribution in [2.45, 2.75) is 25.9 Å². The fourth-order valence-electron chi connectivity index (χ4n) is 2.99. The molecule has 0 fully saturated rings. The van der Waals surface area contributed by atoms with Crippen LogP contribution in [-0.4, -0.2) is 18.5 Å². The average Bonchev–Trinajstić information content (AvgIpc) is 2.74. The van der Waals surface area contributed by atoms with Gasteiger partial charge in [-0.05, 0) is 25.5 Å². The first-order chi connectivity index (χ1) is 14.0. The van der Waals surface area contributed by atoms with Gasteiger partial charge in [0.25, 0.3) is 0 Å². The summed E-state index contributed by atoms with van der Waals surface area (Å²) in [5, 5.41) is 0. The number of hydrogen-bond donors (Lipinski definition) is 0. The maximum Gasteiger partial charge on any atom is 0.330 e. The molecule has 0 aromatic heterocycles. The maximum absolute atomic E-state index is 14.8. The Labute approximate surface area is 168 Å². The van der Waals surface area contributed by atoms with Gasteiger partial charge in [0, 0.05) is 17.2 Å². The van der Waals surface area contributed by atoms with Crippen LogP contribution in [0.15, 0.2) is 66.7 Å². The molecule has 1 heterocycles. The van der Waals surface area contributed by atoms with Gasteiger partial charge >= 0.3 is 11.9 Å². The number of rotatable bonds is 6. The van der Waals surface area contributed by atoms with Crippen LogP contribution in [-0.2, 0) is 31.1 Å². The van der Waals surface area contributed by atoms with Crippen molar-refractivity contribution in [3.05, 3.63) is 83.4 Å². The minimum atomic E-state index is -1.66. The van der Waals surface area contributed by atoms with E-state index >= 15 is 0 Å². The lowest BCUT2D eigenvalue weighted by molar-refractivity contribution is -0.150. The molecule has 0 N–H and O–H groups in total. The maximum atomic E-state index is 14.8. The second-order valence-corrected chi connectivity index (χ2v) is 6.58. The van der Waals surface area contributed by atoms with E-state index in [1.165, 1.54) is 19.1 Å². The molecule has 0 saturated carbocycles. The van der Waals surface area contributed by atoms with Crippen molar-refractivity contribution < 1.29 is 28.2 Å². The van der Waals surface area contributed by atoms with E-state index < -0.39 is 23.2 Å². The number of benzene rings is 2. The number of hydrogen-bond acceptors (Lipinski definition) is 5. The molecule has 29 heavy (non-hydrogen) atoms. The van der Waals surface area contributed by atoms with Crippen LogP contribution in [0.3, 0.4) is 0 Å². The Bertz CT molecular complexity index is 964. The molecule has 1 aliphatic rings. The quantitative estimate of drug-likeness (QED) is 0.533. The van der Waals surface area contributed by atoms with Crippen molar-refractivity contribution in [1.29, 1.82) is 0 Å². The van der Waals surface area contributed by atoms with Crippen molar-refractivity contribution in [1.82, 2.24) is 0 Å². The average molecular weight is 396 g/mol. The number of carbonyl (C=O) groups excluding carboxylic acids is 2. The highest BCUT2D eigenvalue weighted by Gasteiger charge is 2.46. The number of carbonyl (C=O) groups is 2. The molecule has 2 aromatic carbocycles. The highest BCUT2D eigenvalue weighted by molar-refractivity contribution is 5.90. The molecule has 0 saturated heterocycles. The number of ether oxygens (including phenoxy) is 3. The van der Waals surface area contributed by atoms with Crippen LogP contribution in [0, 0.1) is 0 Å². The third kappa shape index (κ3) is 4.21. The number of fused-ring (bicyclic) bond motifs is 1. The van der Waals surface area contributed by atoms with Gasteiger partial charge in [-0.2, -0.15) is 0 Å². The Kier molecular flexibility index (Phi) is 6.12. The normalized spacial score (nSPS) is 17.8. The van der Waals surface area contributed by atoms with Gasteiger partial charge in [0.15, 0.2) is 5.83 Å². The highest BCUT2D eigenvalue weighted by Crippen LogP contribution is 2.44. The first kappa shape index (κ1) is 20.3. The van der Waals surface area contributed by atoms with Gasteiger partial charge in [-0.1, -0.05) is 48.5 Å². The minimum absolute atomic E-state index is 0.0290. The summed E-state index contributed by atoms with van der Waals surface area (Å²) in [6.07, 6.45) is 3.65. The Morgan fingerprint density at radius 2 is 1.86 bits per heavy atom. The Hall–Kier alpha value is -3.41. The van der Waals surface area contributed by atoms with Crippen molar-refractivity contribution in [2.24, 2.45) is 0 Å². The molecule has 150 valence electrons. The minimum Gasteiger partial charge on any atom is -0.463 e. The Morgan fingerprint density at radius 3 is 2.59 bits per heavy atom. The van der Waals surface area contributed by atoms with Crippen molar-refractivity contribution >= 4 is 18.0 Å². The van der Waals surface area contributed by atoms with Gasteiger partial charge < -0.3 is 14.2 Å². The van der Waals surface area contributed by atoms with E-state index in [0.717, 1.165) is 11.8 Å². The molecule has 0 radical (unpaired) electrons. The lowest BCUT2D eigenvalue weighted by Crippen LogP contribution is -2.37. The molecule has 1 atom stereocenters. The summed E-state index contributed by atoms with van der Waals surface area (Å²) < 4.78 is 30.5. The van der Waals surface area contributed by atoms with E-state index in [1.54, 1.807) is 25.1 Å². The summed E-state index contributed by atoms with van der Waals surface area (Å²) in [7, 11) is 0. The van der Waals surface area contributed by atoms with Gasteiger partial charge in [-0.15, -0.1) is 0 Å². The SMILES string of the molecule is CCOC(=O)/C=C/c1cccc2c1OC=C(F)C2(C)C(=O)OCc1ccccc1. The summed E-state index contributed by atoms with van der Waals surface area (Å²) in [6.45, 7) is 3.44. The third-order valence-corrected chi connectivity index (χ3v) is 4.65. The van der Waals surface area contributed by atoms with Crippen LogP contribution in [0.4, 0.5) is 4.39 Å². The van der Waals surface area contributed by atoms with E-state index in [0.29, 0.717) is 11.1 Å². The van der Waals surface area contributed by atoms with Crippen LogP contribution in [0.5, 0.6) is 5.75 Å². The summed E-state index contributed by atoms with van der Waals surface area (Å²) in [4.78, 5) is 24.5. The predicted octanol–water partition coefficient (Wildman–Crippen LogP) is 4.47. The predicted molar refractivity (Wildman–Crippen MR) is 106 cm³/mol. The summed E-state index contributed by atoms with van der Waals surface area (Å²) in [5.74, 6) is -1.71. The zero-order valence-corrected chi connectivity index (χ0v) is 16.2. The molecule has 1 aliphatic heterocycles. The van der Waals surface area contributed by atoms with E-state index in [2.05, 4.69) is 0 Å².